The van der Waals surface area contributed by atoms with Crippen molar-refractivity contribution in [1.29, 1.82) is 0 Å². The normalized spacial score (nSPS) is 13.8. The fraction of sp³-hybridized carbons (Fsp3) is 0.200. The van der Waals surface area contributed by atoms with Gasteiger partial charge in [0.25, 0.3) is 0 Å². The Labute approximate surface area is 153 Å². The molecular formula is C20H18N2O3S. The fourth-order valence-corrected chi connectivity index (χ4v) is 4.19. The molecule has 2 unspecified atom stereocenters. The minimum atomic E-state index is -0.287. The topological polar surface area (TPSA) is 64.1 Å². The number of rotatable bonds is 4. The molecule has 2 aromatic heterocycles. The second-order valence-electron chi connectivity index (χ2n) is 6.29. The summed E-state index contributed by atoms with van der Waals surface area (Å²) in [6.45, 7) is 3.82. The third-order valence-corrected chi connectivity index (χ3v) is 5.81. The molecule has 0 fully saturated rings. The Hall–Kier alpha value is -2.86. The highest BCUT2D eigenvalue weighted by atomic mass is 32.1. The van der Waals surface area contributed by atoms with E-state index in [0.717, 1.165) is 9.40 Å². The number of fused-ring (bicyclic) bond motifs is 2. The van der Waals surface area contributed by atoms with Gasteiger partial charge in [0.1, 0.15) is 11.9 Å². The van der Waals surface area contributed by atoms with Crippen LogP contribution in [0, 0.1) is 0 Å². The van der Waals surface area contributed by atoms with Crippen LogP contribution in [0.25, 0.3) is 20.2 Å². The van der Waals surface area contributed by atoms with Crippen LogP contribution in [0.3, 0.4) is 0 Å². The minimum absolute atomic E-state index is 0.0244. The average Bonchev–Trinajstić information content (AvgIpc) is 3.07. The third kappa shape index (κ3) is 2.72. The van der Waals surface area contributed by atoms with Crippen LogP contribution in [0.15, 0.2) is 64.4 Å². The summed E-state index contributed by atoms with van der Waals surface area (Å²) in [6, 6.07) is 13.1. The molecule has 0 aliphatic rings. The molecule has 0 saturated heterocycles. The monoisotopic (exact) mass is 366 g/mol. The van der Waals surface area contributed by atoms with Crippen LogP contribution in [-0.4, -0.2) is 15.7 Å². The molecule has 2 heterocycles. The summed E-state index contributed by atoms with van der Waals surface area (Å²) in [5.74, 6) is 0.553. The Morgan fingerprint density at radius 2 is 1.81 bits per heavy atom. The maximum absolute atomic E-state index is 13.0. The Kier molecular flexibility index (Phi) is 4.12. The molecule has 26 heavy (non-hydrogen) atoms. The van der Waals surface area contributed by atoms with Crippen LogP contribution in [-0.2, 0) is 0 Å². The first-order valence-electron chi connectivity index (χ1n) is 8.43. The zero-order chi connectivity index (χ0) is 18.3. The Morgan fingerprint density at radius 1 is 1.04 bits per heavy atom. The zero-order valence-corrected chi connectivity index (χ0v) is 15.2. The van der Waals surface area contributed by atoms with Gasteiger partial charge in [0.2, 0.25) is 0 Å². The molecule has 4 aromatic rings. The molecular weight excluding hydrogens is 348 g/mol. The molecule has 0 radical (unpaired) electrons. The Bertz CT molecular complexity index is 1200. The lowest BCUT2D eigenvalue weighted by Crippen LogP contribution is -2.30. The molecule has 0 aliphatic carbocycles. The van der Waals surface area contributed by atoms with E-state index < -0.39 is 0 Å². The zero-order valence-electron chi connectivity index (χ0n) is 14.4. The molecule has 0 spiro atoms. The van der Waals surface area contributed by atoms with E-state index in [2.05, 4.69) is 4.98 Å². The van der Waals surface area contributed by atoms with Gasteiger partial charge in [-0.3, -0.25) is 9.36 Å². The van der Waals surface area contributed by atoms with Crippen molar-refractivity contribution in [2.75, 3.05) is 0 Å². The molecule has 2 aromatic carbocycles. The molecule has 4 rings (SSSR count). The van der Waals surface area contributed by atoms with Crippen molar-refractivity contribution in [3.63, 3.8) is 0 Å². The first-order chi connectivity index (χ1) is 12.6. The van der Waals surface area contributed by atoms with Crippen molar-refractivity contribution in [3.8, 4) is 5.75 Å². The summed E-state index contributed by atoms with van der Waals surface area (Å²) in [5, 5.41) is 1.29. The van der Waals surface area contributed by atoms with Gasteiger partial charge in [-0.1, -0.05) is 18.2 Å². The van der Waals surface area contributed by atoms with Crippen molar-refractivity contribution >= 4 is 31.5 Å². The second kappa shape index (κ2) is 6.46. The average molecular weight is 366 g/mol. The summed E-state index contributed by atoms with van der Waals surface area (Å²) < 4.78 is 9.57. The van der Waals surface area contributed by atoms with E-state index in [9.17, 15) is 9.59 Å². The number of imidazole rings is 1. The van der Waals surface area contributed by atoms with Crippen LogP contribution >= 0.6 is 11.3 Å². The van der Waals surface area contributed by atoms with Gasteiger partial charge in [0.05, 0.1) is 11.4 Å². The van der Waals surface area contributed by atoms with Crippen LogP contribution in [0.4, 0.5) is 0 Å². The fourth-order valence-electron chi connectivity index (χ4n) is 3.09. The first kappa shape index (κ1) is 16.6. The van der Waals surface area contributed by atoms with Crippen molar-refractivity contribution in [2.45, 2.75) is 26.0 Å². The summed E-state index contributed by atoms with van der Waals surface area (Å²) >= 11 is 1.58. The minimum Gasteiger partial charge on any atom is -0.488 e. The molecule has 6 heteroatoms. The van der Waals surface area contributed by atoms with E-state index >= 15 is 0 Å². The van der Waals surface area contributed by atoms with Gasteiger partial charge in [-0.25, -0.2) is 4.79 Å². The molecule has 132 valence electrons. The summed E-state index contributed by atoms with van der Waals surface area (Å²) in [7, 11) is 0. The van der Waals surface area contributed by atoms with Crippen LogP contribution in [0.1, 0.15) is 19.9 Å². The van der Waals surface area contributed by atoms with Gasteiger partial charge >= 0.3 is 5.69 Å². The van der Waals surface area contributed by atoms with Gasteiger partial charge in [-0.2, -0.15) is 0 Å². The number of aromatic nitrogens is 2. The lowest BCUT2D eigenvalue weighted by Gasteiger charge is -2.22. The number of aromatic amines is 1. The number of hydrogen-bond acceptors (Lipinski definition) is 4. The van der Waals surface area contributed by atoms with E-state index in [1.807, 2.05) is 56.3 Å². The standard InChI is InChI=1S/C20H18N2O3S/c1-12(22-11-10-21-20(22)24)13(2)25-15-7-5-9-17-18(15)19(23)14-6-3-4-8-16(14)26-17/h3-13H,1-2H3,(H,21,24). The largest absolute Gasteiger partial charge is 0.488 e. The third-order valence-electron chi connectivity index (χ3n) is 4.67. The molecule has 0 bridgehead atoms. The van der Waals surface area contributed by atoms with E-state index in [0.29, 0.717) is 16.5 Å². The van der Waals surface area contributed by atoms with Crippen LogP contribution in [0.2, 0.25) is 0 Å². The quantitative estimate of drug-likeness (QED) is 0.557. The van der Waals surface area contributed by atoms with Crippen LogP contribution in [0.5, 0.6) is 5.75 Å². The second-order valence-corrected chi connectivity index (χ2v) is 7.38. The van der Waals surface area contributed by atoms with E-state index in [1.54, 1.807) is 28.3 Å². The highest BCUT2D eigenvalue weighted by Crippen LogP contribution is 2.31. The molecule has 0 amide bonds. The van der Waals surface area contributed by atoms with Crippen molar-refractivity contribution in [2.24, 2.45) is 0 Å². The molecule has 2 atom stereocenters. The first-order valence-corrected chi connectivity index (χ1v) is 9.24. The Morgan fingerprint density at radius 3 is 2.58 bits per heavy atom. The highest BCUT2D eigenvalue weighted by molar-refractivity contribution is 7.24. The van der Waals surface area contributed by atoms with E-state index in [1.165, 1.54) is 0 Å². The van der Waals surface area contributed by atoms with Gasteiger partial charge in [-0.15, -0.1) is 11.3 Å². The Balaban J connectivity index is 1.79. The number of nitrogens with zero attached hydrogens (tertiary/aromatic N) is 1. The molecule has 0 aliphatic heterocycles. The van der Waals surface area contributed by atoms with Gasteiger partial charge in [-0.05, 0) is 38.1 Å². The number of benzene rings is 2. The molecule has 1 N–H and O–H groups in total. The predicted molar refractivity (Wildman–Crippen MR) is 105 cm³/mol. The maximum atomic E-state index is 13.0. The number of H-pyrrole nitrogens is 1. The summed E-state index contributed by atoms with van der Waals surface area (Å²) in [5.41, 5.74) is -0.202. The summed E-state index contributed by atoms with van der Waals surface area (Å²) in [4.78, 5) is 27.5. The van der Waals surface area contributed by atoms with Crippen LogP contribution < -0.4 is 15.9 Å². The molecule has 5 nitrogen and oxygen atoms in total. The number of hydrogen-bond donors (Lipinski definition) is 1. The SMILES string of the molecule is CC(Oc1cccc2sc3ccccc3c(=O)c12)C(C)n1cc[nH]c1=O. The predicted octanol–water partition coefficient (Wildman–Crippen LogP) is 3.93. The van der Waals surface area contributed by atoms with Crippen molar-refractivity contribution in [1.82, 2.24) is 9.55 Å². The van der Waals surface area contributed by atoms with Gasteiger partial charge in [0, 0.05) is 27.2 Å². The van der Waals surface area contributed by atoms with E-state index in [-0.39, 0.29) is 23.3 Å². The smallest absolute Gasteiger partial charge is 0.325 e. The van der Waals surface area contributed by atoms with Crippen molar-refractivity contribution in [3.05, 3.63) is 75.6 Å². The number of ether oxygens (including phenoxy) is 1. The maximum Gasteiger partial charge on any atom is 0.325 e. The van der Waals surface area contributed by atoms with Gasteiger partial charge in [0.15, 0.2) is 5.43 Å². The van der Waals surface area contributed by atoms with Crippen molar-refractivity contribution < 1.29 is 4.74 Å². The van der Waals surface area contributed by atoms with Gasteiger partial charge < -0.3 is 9.72 Å². The summed E-state index contributed by atoms with van der Waals surface area (Å²) in [6.07, 6.45) is 3.02. The highest BCUT2D eigenvalue weighted by Gasteiger charge is 2.19. The lowest BCUT2D eigenvalue weighted by atomic mass is 10.1. The lowest BCUT2D eigenvalue weighted by molar-refractivity contribution is 0.164. The molecule has 0 saturated carbocycles. The van der Waals surface area contributed by atoms with E-state index in [4.69, 9.17) is 4.74 Å². The number of nitrogens with one attached hydrogen (secondary N) is 1.